The molecule has 0 aromatic heterocycles. The van der Waals surface area contributed by atoms with Crippen LogP contribution in [0.5, 0.6) is 11.5 Å². The highest BCUT2D eigenvalue weighted by molar-refractivity contribution is 5.89. The summed E-state index contributed by atoms with van der Waals surface area (Å²) in [5.74, 6) is -1.06. The van der Waals surface area contributed by atoms with E-state index in [-0.39, 0.29) is 17.1 Å². The Morgan fingerprint density at radius 3 is 2.87 bits per heavy atom. The molecule has 2 aromatic rings. The molecule has 5 rings (SSSR count). The number of carbonyl (C=O) groups excluding carboxylic acids is 1. The number of esters is 1. The summed E-state index contributed by atoms with van der Waals surface area (Å²) in [7, 11) is 3.72. The molecule has 31 heavy (non-hydrogen) atoms. The molecule has 0 saturated heterocycles. The van der Waals surface area contributed by atoms with Gasteiger partial charge in [-0.15, -0.1) is 0 Å². The van der Waals surface area contributed by atoms with E-state index in [1.165, 1.54) is 5.56 Å². The number of ether oxygens (including phenoxy) is 3. The lowest BCUT2D eigenvalue weighted by Gasteiger charge is -2.36. The van der Waals surface area contributed by atoms with Gasteiger partial charge in [0.15, 0.2) is 11.5 Å². The van der Waals surface area contributed by atoms with Crippen LogP contribution >= 0.6 is 0 Å². The Bertz CT molecular complexity index is 1090. The second kappa shape index (κ2) is 7.34. The Hall–Kier alpha value is -2.93. The van der Waals surface area contributed by atoms with E-state index in [0.29, 0.717) is 18.2 Å². The third-order valence-corrected chi connectivity index (χ3v) is 6.54. The molecule has 0 radical (unpaired) electrons. The smallest absolute Gasteiger partial charge is 0.341 e. The monoisotopic (exact) mass is 427 g/mol. The third-order valence-electron chi connectivity index (χ3n) is 6.54. The zero-order chi connectivity index (χ0) is 21.8. The zero-order valence-corrected chi connectivity index (χ0v) is 17.4. The van der Waals surface area contributed by atoms with E-state index in [1.54, 1.807) is 7.11 Å². The van der Waals surface area contributed by atoms with Crippen LogP contribution in [0.15, 0.2) is 42.5 Å². The molecule has 0 saturated carbocycles. The summed E-state index contributed by atoms with van der Waals surface area (Å²) in [4.78, 5) is 14.8. The first-order chi connectivity index (χ1) is 14.9. The average molecular weight is 427 g/mol. The minimum Gasteiger partial charge on any atom is -0.493 e. The van der Waals surface area contributed by atoms with E-state index < -0.39 is 23.7 Å². The van der Waals surface area contributed by atoms with Gasteiger partial charge in [0.1, 0.15) is 23.8 Å². The average Bonchev–Trinajstić information content (AvgIpc) is 2.99. The van der Waals surface area contributed by atoms with Crippen LogP contribution in [-0.2, 0) is 16.7 Å². The van der Waals surface area contributed by atoms with Crippen molar-refractivity contribution < 1.29 is 27.8 Å². The lowest BCUT2D eigenvalue weighted by molar-refractivity contribution is 0.0213. The summed E-state index contributed by atoms with van der Waals surface area (Å²) in [6, 6.07) is 6.83. The Labute approximate surface area is 179 Å². The molecule has 7 heteroatoms. The van der Waals surface area contributed by atoms with Gasteiger partial charge in [-0.05, 0) is 49.9 Å². The Kier molecular flexibility index (Phi) is 4.73. The number of benzene rings is 2. The molecule has 0 fully saturated rings. The van der Waals surface area contributed by atoms with E-state index in [1.807, 2.05) is 12.1 Å². The van der Waals surface area contributed by atoms with Crippen molar-refractivity contribution >= 4 is 5.97 Å². The van der Waals surface area contributed by atoms with E-state index in [9.17, 15) is 13.6 Å². The molecule has 2 aromatic carbocycles. The Morgan fingerprint density at radius 1 is 1.26 bits per heavy atom. The molecule has 0 amide bonds. The maximum Gasteiger partial charge on any atom is 0.341 e. The molecular formula is C24H23F2NO4. The maximum absolute atomic E-state index is 14.0. The van der Waals surface area contributed by atoms with Gasteiger partial charge in [-0.25, -0.2) is 13.6 Å². The summed E-state index contributed by atoms with van der Waals surface area (Å²) in [5.41, 5.74) is 1.73. The molecule has 2 aliphatic heterocycles. The van der Waals surface area contributed by atoms with Gasteiger partial charge < -0.3 is 19.1 Å². The number of rotatable bonds is 3. The summed E-state index contributed by atoms with van der Waals surface area (Å²) >= 11 is 0. The molecule has 2 heterocycles. The first-order valence-corrected chi connectivity index (χ1v) is 10.3. The Morgan fingerprint density at radius 2 is 2.10 bits per heavy atom. The Balaban J connectivity index is 1.46. The number of nitrogens with zero attached hydrogens (tertiary/aromatic N) is 1. The molecule has 1 spiro atoms. The van der Waals surface area contributed by atoms with Gasteiger partial charge in [0, 0.05) is 24.6 Å². The van der Waals surface area contributed by atoms with E-state index in [0.717, 1.165) is 43.0 Å². The second-order valence-corrected chi connectivity index (χ2v) is 8.43. The quantitative estimate of drug-likeness (QED) is 0.548. The van der Waals surface area contributed by atoms with Gasteiger partial charge in [0.25, 0.3) is 0 Å². The van der Waals surface area contributed by atoms with Crippen molar-refractivity contribution in [1.82, 2.24) is 4.90 Å². The normalized spacial score (nSPS) is 26.5. The predicted octanol–water partition coefficient (Wildman–Crippen LogP) is 3.99. The van der Waals surface area contributed by atoms with Crippen molar-refractivity contribution in [3.63, 3.8) is 0 Å². The standard InChI is InChI=1S/C24H23F2NO4/c1-27-10-9-24-8-7-16(30-23(28)17-5-4-15(25)11-18(17)26)12-20(24)31-22-19(29-2)6-3-14(13-27)21(22)24/h3-8,11,16,20H,9-10,12-13H2,1-2H3/t16-,20-,24-/m0/s1. The van der Waals surface area contributed by atoms with Gasteiger partial charge >= 0.3 is 5.97 Å². The van der Waals surface area contributed by atoms with Crippen LogP contribution in [0.3, 0.4) is 0 Å². The van der Waals surface area contributed by atoms with Crippen molar-refractivity contribution in [2.24, 2.45) is 0 Å². The highest BCUT2D eigenvalue weighted by Gasteiger charge is 2.53. The number of halogens is 2. The number of hydrogen-bond acceptors (Lipinski definition) is 5. The SMILES string of the molecule is COc1ccc2c3c1O[C@H]1C[C@@H](OC(=O)c4ccc(F)cc4F)C=C[C@@]31CCN(C)C2. The van der Waals surface area contributed by atoms with Gasteiger partial charge in [-0.2, -0.15) is 0 Å². The molecule has 3 atom stereocenters. The van der Waals surface area contributed by atoms with Crippen LogP contribution in [0.1, 0.15) is 34.3 Å². The molecular weight excluding hydrogens is 404 g/mol. The van der Waals surface area contributed by atoms with E-state index >= 15 is 0 Å². The first kappa shape index (κ1) is 20.0. The molecule has 3 aliphatic rings. The van der Waals surface area contributed by atoms with Crippen LogP contribution in [0.2, 0.25) is 0 Å². The van der Waals surface area contributed by atoms with Crippen molar-refractivity contribution in [3.05, 3.63) is 70.8 Å². The number of carbonyl (C=O) groups is 1. The van der Waals surface area contributed by atoms with Crippen molar-refractivity contribution in [1.29, 1.82) is 0 Å². The highest BCUT2D eigenvalue weighted by Crippen LogP contribution is 2.55. The van der Waals surface area contributed by atoms with Crippen LogP contribution in [-0.4, -0.2) is 43.8 Å². The van der Waals surface area contributed by atoms with Crippen molar-refractivity contribution in [3.8, 4) is 11.5 Å². The van der Waals surface area contributed by atoms with Crippen LogP contribution in [0.25, 0.3) is 0 Å². The van der Waals surface area contributed by atoms with Crippen LogP contribution in [0, 0.1) is 11.6 Å². The molecule has 0 N–H and O–H groups in total. The summed E-state index contributed by atoms with van der Waals surface area (Å²) in [5, 5.41) is 0. The third kappa shape index (κ3) is 3.19. The molecule has 162 valence electrons. The van der Waals surface area contributed by atoms with Gasteiger partial charge in [0.2, 0.25) is 0 Å². The summed E-state index contributed by atoms with van der Waals surface area (Å²) < 4.78 is 44.6. The topological polar surface area (TPSA) is 48.0 Å². The molecule has 5 nitrogen and oxygen atoms in total. The number of hydrogen-bond donors (Lipinski definition) is 0. The molecule has 0 unspecified atom stereocenters. The predicted molar refractivity (Wildman–Crippen MR) is 109 cm³/mol. The number of methoxy groups -OCH3 is 1. The van der Waals surface area contributed by atoms with Crippen LogP contribution in [0.4, 0.5) is 8.78 Å². The largest absolute Gasteiger partial charge is 0.493 e. The highest BCUT2D eigenvalue weighted by atomic mass is 19.1. The second-order valence-electron chi connectivity index (χ2n) is 8.43. The minimum atomic E-state index is -0.938. The van der Waals surface area contributed by atoms with Gasteiger partial charge in [-0.3, -0.25) is 0 Å². The van der Waals surface area contributed by atoms with Gasteiger partial charge in [0.05, 0.1) is 18.1 Å². The zero-order valence-electron chi connectivity index (χ0n) is 17.4. The fraction of sp³-hybridized carbons (Fsp3) is 0.375. The lowest BCUT2D eigenvalue weighted by atomic mass is 9.69. The summed E-state index contributed by atoms with van der Waals surface area (Å²) in [6.45, 7) is 1.71. The van der Waals surface area contributed by atoms with Crippen molar-refractivity contribution in [2.75, 3.05) is 20.7 Å². The lowest BCUT2D eigenvalue weighted by Crippen LogP contribution is -2.43. The fourth-order valence-electron chi connectivity index (χ4n) is 5.01. The van der Waals surface area contributed by atoms with Gasteiger partial charge in [-0.1, -0.05) is 12.1 Å². The molecule has 1 aliphatic carbocycles. The van der Waals surface area contributed by atoms with Crippen LogP contribution < -0.4 is 9.47 Å². The maximum atomic E-state index is 14.0. The first-order valence-electron chi connectivity index (χ1n) is 10.3. The van der Waals surface area contributed by atoms with E-state index in [4.69, 9.17) is 14.2 Å². The summed E-state index contributed by atoms with van der Waals surface area (Å²) in [6.07, 6.45) is 4.44. The van der Waals surface area contributed by atoms with E-state index in [2.05, 4.69) is 24.1 Å². The fourth-order valence-corrected chi connectivity index (χ4v) is 5.01. The molecule has 0 bridgehead atoms. The minimum absolute atomic E-state index is 0.232. The van der Waals surface area contributed by atoms with Crippen molar-refractivity contribution in [2.45, 2.75) is 37.0 Å².